The Hall–Kier alpha value is -4.15. The van der Waals surface area contributed by atoms with Crippen molar-refractivity contribution in [3.05, 3.63) is 88.6 Å². The molecule has 1 aliphatic heterocycles. The van der Waals surface area contributed by atoms with Crippen LogP contribution in [0.15, 0.2) is 71.8 Å². The number of hydrazine groups is 2. The molecule has 35 heavy (non-hydrogen) atoms. The first-order chi connectivity index (χ1) is 17.0. The second-order valence-electron chi connectivity index (χ2n) is 7.82. The standard InChI is InChI=1S/C24H25ClN8O2/c25-18-9-10-21(33-15-28-31-32-33)17(14-18)11-12-27-23(34)20(13-16-5-2-1-3-6-16)30-24(35)19-7-4-8-22(26)29-19/h1-10,14-15,20,31-32H,11-13H2,(H2,26,29)(H,27,34)(H,30,35)/t20-/m0/s1. The Morgan fingerprint density at radius 3 is 2.66 bits per heavy atom. The Labute approximate surface area is 207 Å². The summed E-state index contributed by atoms with van der Waals surface area (Å²) in [5.41, 5.74) is 14.1. The van der Waals surface area contributed by atoms with Gasteiger partial charge >= 0.3 is 0 Å². The molecule has 0 aliphatic carbocycles. The minimum atomic E-state index is -0.802. The molecule has 180 valence electrons. The summed E-state index contributed by atoms with van der Waals surface area (Å²) in [5, 5.41) is 11.9. The van der Waals surface area contributed by atoms with Crippen molar-refractivity contribution in [3.63, 3.8) is 0 Å². The number of hydrogen-bond donors (Lipinski definition) is 5. The molecule has 1 aromatic heterocycles. The Kier molecular flexibility index (Phi) is 7.76. The molecule has 0 saturated carbocycles. The van der Waals surface area contributed by atoms with E-state index in [2.05, 4.69) is 31.8 Å². The maximum Gasteiger partial charge on any atom is 0.270 e. The maximum atomic E-state index is 13.1. The zero-order valence-electron chi connectivity index (χ0n) is 18.7. The van der Waals surface area contributed by atoms with Crippen molar-refractivity contribution in [1.29, 1.82) is 0 Å². The molecule has 3 aromatic rings. The van der Waals surface area contributed by atoms with E-state index in [1.54, 1.807) is 35.6 Å². The summed E-state index contributed by atoms with van der Waals surface area (Å²) in [7, 11) is 0. The number of nitrogens with zero attached hydrogens (tertiary/aromatic N) is 3. The number of pyridine rings is 1. The van der Waals surface area contributed by atoms with Gasteiger partial charge < -0.3 is 16.4 Å². The lowest BCUT2D eigenvalue weighted by Crippen LogP contribution is -2.48. The number of halogens is 1. The predicted octanol–water partition coefficient (Wildman–Crippen LogP) is 1.79. The van der Waals surface area contributed by atoms with Crippen LogP contribution in [-0.2, 0) is 17.6 Å². The second kappa shape index (κ2) is 11.3. The SMILES string of the molecule is Nc1cccc(C(=O)N[C@@H](Cc2ccccc2)C(=O)NCCc2cc(Cl)ccc2N2C=NNN2)n1. The number of hydrazone groups is 1. The van der Waals surface area contributed by atoms with Crippen molar-refractivity contribution < 1.29 is 9.59 Å². The summed E-state index contributed by atoms with van der Waals surface area (Å²) in [6.07, 6.45) is 2.43. The van der Waals surface area contributed by atoms with E-state index in [-0.39, 0.29) is 17.4 Å². The van der Waals surface area contributed by atoms with Crippen molar-refractivity contribution in [2.24, 2.45) is 5.10 Å². The van der Waals surface area contributed by atoms with E-state index in [0.29, 0.717) is 24.4 Å². The third-order valence-corrected chi connectivity index (χ3v) is 5.55. The molecular formula is C24H25ClN8O2. The van der Waals surface area contributed by atoms with Crippen LogP contribution in [0.4, 0.5) is 11.5 Å². The molecular weight excluding hydrogens is 468 g/mol. The summed E-state index contributed by atoms with van der Waals surface area (Å²) >= 11 is 6.19. The largest absolute Gasteiger partial charge is 0.384 e. The van der Waals surface area contributed by atoms with E-state index in [1.165, 1.54) is 0 Å². The Morgan fingerprint density at radius 2 is 1.91 bits per heavy atom. The van der Waals surface area contributed by atoms with E-state index in [0.717, 1.165) is 16.8 Å². The summed E-state index contributed by atoms with van der Waals surface area (Å²) in [4.78, 5) is 29.9. The van der Waals surface area contributed by atoms with E-state index in [9.17, 15) is 9.59 Å². The fourth-order valence-electron chi connectivity index (χ4n) is 3.62. The zero-order chi connectivity index (χ0) is 24.6. The minimum absolute atomic E-state index is 0.146. The molecule has 0 bridgehead atoms. The van der Waals surface area contributed by atoms with Gasteiger partial charge in [0, 0.05) is 18.0 Å². The molecule has 2 aromatic carbocycles. The van der Waals surface area contributed by atoms with Crippen LogP contribution < -0.4 is 32.4 Å². The van der Waals surface area contributed by atoms with Gasteiger partial charge in [0.25, 0.3) is 5.91 Å². The first-order valence-electron chi connectivity index (χ1n) is 11.0. The van der Waals surface area contributed by atoms with Gasteiger partial charge in [0.15, 0.2) is 0 Å². The van der Waals surface area contributed by atoms with Gasteiger partial charge in [-0.05, 0) is 47.9 Å². The normalized spacial score (nSPS) is 13.2. The fourth-order valence-corrected chi connectivity index (χ4v) is 3.82. The summed E-state index contributed by atoms with van der Waals surface area (Å²) in [6.45, 7) is 0.336. The molecule has 6 N–H and O–H groups in total. The molecule has 10 nitrogen and oxygen atoms in total. The van der Waals surface area contributed by atoms with Crippen molar-refractivity contribution in [2.45, 2.75) is 18.9 Å². The predicted molar refractivity (Wildman–Crippen MR) is 135 cm³/mol. The number of nitrogen functional groups attached to an aromatic ring is 1. The van der Waals surface area contributed by atoms with Gasteiger partial charge in [0.2, 0.25) is 5.91 Å². The first kappa shape index (κ1) is 24.0. The quantitative estimate of drug-likeness (QED) is 0.307. The van der Waals surface area contributed by atoms with Gasteiger partial charge in [-0.3, -0.25) is 9.59 Å². The molecule has 0 unspecified atom stereocenters. The minimum Gasteiger partial charge on any atom is -0.384 e. The lowest BCUT2D eigenvalue weighted by atomic mass is 10.0. The molecule has 1 aliphatic rings. The number of carbonyl (C=O) groups is 2. The number of rotatable bonds is 9. The fraction of sp³-hybridized carbons (Fsp3) is 0.167. The lowest BCUT2D eigenvalue weighted by Gasteiger charge is -2.20. The van der Waals surface area contributed by atoms with Crippen molar-refractivity contribution >= 4 is 41.3 Å². The van der Waals surface area contributed by atoms with Crippen LogP contribution in [0.2, 0.25) is 5.02 Å². The molecule has 4 rings (SSSR count). The number of hydrogen-bond acceptors (Lipinski definition) is 8. The van der Waals surface area contributed by atoms with Crippen LogP contribution in [0.3, 0.4) is 0 Å². The van der Waals surface area contributed by atoms with Gasteiger partial charge in [0.1, 0.15) is 23.9 Å². The molecule has 2 amide bonds. The Bertz CT molecular complexity index is 1220. The molecule has 0 saturated heterocycles. The maximum absolute atomic E-state index is 13.1. The van der Waals surface area contributed by atoms with Gasteiger partial charge in [-0.15, -0.1) is 5.53 Å². The van der Waals surface area contributed by atoms with Crippen molar-refractivity contribution in [2.75, 3.05) is 17.3 Å². The number of benzene rings is 2. The molecule has 0 fully saturated rings. The van der Waals surface area contributed by atoms with Crippen molar-refractivity contribution in [3.8, 4) is 0 Å². The monoisotopic (exact) mass is 492 g/mol. The zero-order valence-corrected chi connectivity index (χ0v) is 19.5. The average molecular weight is 493 g/mol. The molecule has 0 spiro atoms. The topological polar surface area (TPSA) is 137 Å². The highest BCUT2D eigenvalue weighted by atomic mass is 35.5. The van der Waals surface area contributed by atoms with Crippen LogP contribution in [0.1, 0.15) is 21.6 Å². The highest BCUT2D eigenvalue weighted by Crippen LogP contribution is 2.23. The molecule has 11 heteroatoms. The van der Waals surface area contributed by atoms with Gasteiger partial charge in [-0.2, -0.15) is 5.10 Å². The number of aromatic nitrogens is 1. The van der Waals surface area contributed by atoms with Crippen LogP contribution in [0.25, 0.3) is 0 Å². The van der Waals surface area contributed by atoms with Crippen molar-refractivity contribution in [1.82, 2.24) is 26.7 Å². The summed E-state index contributed by atoms with van der Waals surface area (Å²) in [5.74, 6) is -0.554. The van der Waals surface area contributed by atoms with Crippen LogP contribution >= 0.6 is 11.6 Å². The number of nitrogens with one attached hydrogen (secondary N) is 4. The van der Waals surface area contributed by atoms with Gasteiger partial charge in [0.05, 0.1) is 5.69 Å². The van der Waals surface area contributed by atoms with E-state index in [1.807, 2.05) is 42.5 Å². The van der Waals surface area contributed by atoms with E-state index < -0.39 is 11.9 Å². The highest BCUT2D eigenvalue weighted by Gasteiger charge is 2.23. The molecule has 0 radical (unpaired) electrons. The summed E-state index contributed by atoms with van der Waals surface area (Å²) < 4.78 is 0. The summed E-state index contributed by atoms with van der Waals surface area (Å²) in [6, 6.07) is 18.9. The first-order valence-corrected chi connectivity index (χ1v) is 11.3. The van der Waals surface area contributed by atoms with Gasteiger partial charge in [-0.25, -0.2) is 15.5 Å². The highest BCUT2D eigenvalue weighted by molar-refractivity contribution is 6.30. The van der Waals surface area contributed by atoms with Gasteiger partial charge in [-0.1, -0.05) is 48.0 Å². The number of carbonyl (C=O) groups excluding carboxylic acids is 2. The lowest BCUT2D eigenvalue weighted by molar-refractivity contribution is -0.122. The Balaban J connectivity index is 1.44. The number of anilines is 2. The number of nitrogens with two attached hydrogens (primary N) is 1. The van der Waals surface area contributed by atoms with Crippen LogP contribution in [-0.4, -0.2) is 35.7 Å². The third kappa shape index (κ3) is 6.46. The van der Waals surface area contributed by atoms with Crippen LogP contribution in [0.5, 0.6) is 0 Å². The number of amides is 2. The van der Waals surface area contributed by atoms with E-state index >= 15 is 0 Å². The molecule has 2 heterocycles. The second-order valence-corrected chi connectivity index (χ2v) is 8.25. The molecule has 1 atom stereocenters. The Morgan fingerprint density at radius 1 is 1.09 bits per heavy atom. The van der Waals surface area contributed by atoms with E-state index in [4.69, 9.17) is 17.3 Å². The average Bonchev–Trinajstić information content (AvgIpc) is 3.39. The van der Waals surface area contributed by atoms with Crippen LogP contribution in [0, 0.1) is 0 Å². The smallest absolute Gasteiger partial charge is 0.270 e. The third-order valence-electron chi connectivity index (χ3n) is 5.31.